The number of hydrogen-bond donors (Lipinski definition) is 0. The van der Waals surface area contributed by atoms with E-state index < -0.39 is 6.04 Å². The van der Waals surface area contributed by atoms with Gasteiger partial charge in [0.05, 0.1) is 13.2 Å². The lowest BCUT2D eigenvalue weighted by atomic mass is 10.1. The molecule has 22 heavy (non-hydrogen) atoms. The fourth-order valence-corrected chi connectivity index (χ4v) is 2.58. The Labute approximate surface area is 129 Å². The van der Waals surface area contributed by atoms with Gasteiger partial charge in [0.15, 0.2) is 6.29 Å². The minimum Gasteiger partial charge on any atom is -0.494 e. The van der Waals surface area contributed by atoms with Gasteiger partial charge in [0.25, 0.3) is 0 Å². The lowest BCUT2D eigenvalue weighted by Crippen LogP contribution is -2.20. The zero-order valence-corrected chi connectivity index (χ0v) is 13.2. The molecule has 0 N–H and O–H groups in total. The summed E-state index contributed by atoms with van der Waals surface area (Å²) in [5.74, 6) is 0.424. The van der Waals surface area contributed by atoms with Gasteiger partial charge >= 0.3 is 5.97 Å². The zero-order valence-electron chi connectivity index (χ0n) is 13.2. The number of fused-ring (bicyclic) bond motifs is 1. The SMILES string of the molecule is CCOC(=O)C(CC)n1cc(C=O)c2cc(OCC)ccc21. The summed E-state index contributed by atoms with van der Waals surface area (Å²) in [7, 11) is 0. The summed E-state index contributed by atoms with van der Waals surface area (Å²) < 4.78 is 12.4. The van der Waals surface area contributed by atoms with Gasteiger partial charge in [-0.25, -0.2) is 4.79 Å². The van der Waals surface area contributed by atoms with Crippen LogP contribution in [0.4, 0.5) is 0 Å². The van der Waals surface area contributed by atoms with Gasteiger partial charge in [0, 0.05) is 22.7 Å². The predicted octanol–water partition coefficient (Wildman–Crippen LogP) is 3.37. The van der Waals surface area contributed by atoms with Crippen molar-refractivity contribution in [2.45, 2.75) is 33.2 Å². The number of ether oxygens (including phenoxy) is 2. The summed E-state index contributed by atoms with van der Waals surface area (Å²) in [4.78, 5) is 23.5. The first kappa shape index (κ1) is 16.1. The molecular formula is C17H21NO4. The van der Waals surface area contributed by atoms with Crippen molar-refractivity contribution >= 4 is 23.2 Å². The predicted molar refractivity (Wildman–Crippen MR) is 84.5 cm³/mol. The first-order chi connectivity index (χ1) is 10.7. The van der Waals surface area contributed by atoms with Crippen LogP contribution in [-0.2, 0) is 9.53 Å². The molecule has 5 nitrogen and oxygen atoms in total. The lowest BCUT2D eigenvalue weighted by molar-refractivity contribution is -0.147. The molecule has 118 valence electrons. The van der Waals surface area contributed by atoms with Gasteiger partial charge in [-0.1, -0.05) is 6.92 Å². The largest absolute Gasteiger partial charge is 0.494 e. The normalized spacial score (nSPS) is 12.1. The molecule has 1 heterocycles. The van der Waals surface area contributed by atoms with E-state index in [9.17, 15) is 9.59 Å². The van der Waals surface area contributed by atoms with E-state index in [-0.39, 0.29) is 5.97 Å². The van der Waals surface area contributed by atoms with Crippen LogP contribution in [0.1, 0.15) is 43.6 Å². The van der Waals surface area contributed by atoms with Crippen LogP contribution < -0.4 is 4.74 Å². The lowest BCUT2D eigenvalue weighted by Gasteiger charge is -2.16. The molecule has 1 atom stereocenters. The Morgan fingerprint density at radius 2 is 2.05 bits per heavy atom. The summed E-state index contributed by atoms with van der Waals surface area (Å²) in [5.41, 5.74) is 1.37. The monoisotopic (exact) mass is 303 g/mol. The first-order valence-electron chi connectivity index (χ1n) is 7.55. The fourth-order valence-electron chi connectivity index (χ4n) is 2.58. The molecule has 0 saturated heterocycles. The van der Waals surface area contributed by atoms with E-state index in [1.165, 1.54) is 0 Å². The first-order valence-corrected chi connectivity index (χ1v) is 7.55. The van der Waals surface area contributed by atoms with Gasteiger partial charge in [-0.3, -0.25) is 4.79 Å². The van der Waals surface area contributed by atoms with Crippen LogP contribution in [0.5, 0.6) is 5.75 Å². The van der Waals surface area contributed by atoms with Crippen molar-refractivity contribution in [2.24, 2.45) is 0 Å². The number of carbonyl (C=O) groups excluding carboxylic acids is 2. The molecule has 0 bridgehead atoms. The van der Waals surface area contributed by atoms with Crippen LogP contribution >= 0.6 is 0 Å². The van der Waals surface area contributed by atoms with Gasteiger partial charge in [-0.05, 0) is 38.5 Å². The van der Waals surface area contributed by atoms with Crippen molar-refractivity contribution < 1.29 is 19.1 Å². The molecule has 0 saturated carbocycles. The molecule has 2 aromatic rings. The van der Waals surface area contributed by atoms with Gasteiger partial charge < -0.3 is 14.0 Å². The van der Waals surface area contributed by atoms with Gasteiger partial charge in [-0.2, -0.15) is 0 Å². The second-order valence-electron chi connectivity index (χ2n) is 4.90. The van der Waals surface area contributed by atoms with E-state index in [2.05, 4.69) is 0 Å². The molecule has 0 spiro atoms. The van der Waals surface area contributed by atoms with E-state index in [0.717, 1.165) is 17.2 Å². The summed E-state index contributed by atoms with van der Waals surface area (Å²) in [6.07, 6.45) is 3.10. The third-order valence-corrected chi connectivity index (χ3v) is 3.55. The maximum atomic E-state index is 12.1. The second-order valence-corrected chi connectivity index (χ2v) is 4.90. The molecule has 0 aliphatic heterocycles. The van der Waals surface area contributed by atoms with E-state index in [4.69, 9.17) is 9.47 Å². The molecule has 0 radical (unpaired) electrons. The topological polar surface area (TPSA) is 57.5 Å². The Hall–Kier alpha value is -2.30. The zero-order chi connectivity index (χ0) is 16.1. The number of aromatic nitrogens is 1. The summed E-state index contributed by atoms with van der Waals surface area (Å²) in [6, 6.07) is 5.11. The van der Waals surface area contributed by atoms with Crippen molar-refractivity contribution in [3.8, 4) is 5.75 Å². The van der Waals surface area contributed by atoms with E-state index >= 15 is 0 Å². The molecule has 0 aliphatic carbocycles. The molecule has 0 amide bonds. The molecule has 1 unspecified atom stereocenters. The molecule has 5 heteroatoms. The average Bonchev–Trinajstić information content (AvgIpc) is 2.87. The summed E-state index contributed by atoms with van der Waals surface area (Å²) in [5, 5.41) is 0.781. The highest BCUT2D eigenvalue weighted by molar-refractivity contribution is 5.99. The highest BCUT2D eigenvalue weighted by Crippen LogP contribution is 2.29. The third-order valence-electron chi connectivity index (χ3n) is 3.55. The number of benzene rings is 1. The van der Waals surface area contributed by atoms with Gasteiger partial charge in [0.1, 0.15) is 11.8 Å². The minimum atomic E-state index is -0.436. The number of aldehydes is 1. The van der Waals surface area contributed by atoms with Crippen molar-refractivity contribution in [1.82, 2.24) is 4.57 Å². The van der Waals surface area contributed by atoms with Crippen LogP contribution in [0.25, 0.3) is 10.9 Å². The Morgan fingerprint density at radius 1 is 1.27 bits per heavy atom. The third kappa shape index (κ3) is 2.98. The Morgan fingerprint density at radius 3 is 2.64 bits per heavy atom. The van der Waals surface area contributed by atoms with Crippen molar-refractivity contribution in [1.29, 1.82) is 0 Å². The number of nitrogens with zero attached hydrogens (tertiary/aromatic N) is 1. The van der Waals surface area contributed by atoms with Crippen LogP contribution in [0.15, 0.2) is 24.4 Å². The molecule has 2 rings (SSSR count). The quantitative estimate of drug-likeness (QED) is 0.581. The number of hydrogen-bond acceptors (Lipinski definition) is 4. The Bertz CT molecular complexity index is 675. The van der Waals surface area contributed by atoms with Crippen LogP contribution in [0.2, 0.25) is 0 Å². The molecular weight excluding hydrogens is 282 g/mol. The summed E-state index contributed by atoms with van der Waals surface area (Å²) in [6.45, 7) is 6.50. The molecule has 0 fully saturated rings. The van der Waals surface area contributed by atoms with Crippen molar-refractivity contribution in [3.63, 3.8) is 0 Å². The number of rotatable bonds is 7. The van der Waals surface area contributed by atoms with E-state index in [1.54, 1.807) is 13.1 Å². The second kappa shape index (κ2) is 7.11. The smallest absolute Gasteiger partial charge is 0.329 e. The van der Waals surface area contributed by atoms with Gasteiger partial charge in [0.2, 0.25) is 0 Å². The van der Waals surface area contributed by atoms with Gasteiger partial charge in [-0.15, -0.1) is 0 Å². The molecule has 1 aromatic heterocycles. The minimum absolute atomic E-state index is 0.284. The van der Waals surface area contributed by atoms with Crippen LogP contribution in [0, 0.1) is 0 Å². The highest BCUT2D eigenvalue weighted by Gasteiger charge is 2.22. The summed E-state index contributed by atoms with van der Waals surface area (Å²) >= 11 is 0. The molecule has 0 aliphatic rings. The Kier molecular flexibility index (Phi) is 5.20. The van der Waals surface area contributed by atoms with Crippen molar-refractivity contribution in [3.05, 3.63) is 30.0 Å². The van der Waals surface area contributed by atoms with E-state index in [1.807, 2.05) is 36.6 Å². The maximum Gasteiger partial charge on any atom is 0.329 e. The number of carbonyl (C=O) groups is 2. The maximum absolute atomic E-state index is 12.1. The highest BCUT2D eigenvalue weighted by atomic mass is 16.5. The van der Waals surface area contributed by atoms with Crippen LogP contribution in [0.3, 0.4) is 0 Å². The number of esters is 1. The van der Waals surface area contributed by atoms with Crippen molar-refractivity contribution in [2.75, 3.05) is 13.2 Å². The fraction of sp³-hybridized carbons (Fsp3) is 0.412. The van der Waals surface area contributed by atoms with E-state index in [0.29, 0.717) is 30.9 Å². The Balaban J connectivity index is 2.54. The molecule has 1 aromatic carbocycles. The average molecular weight is 303 g/mol. The standard InChI is InChI=1S/C17H21NO4/c1-4-15(17(20)22-6-3)18-10-12(11-19)14-9-13(21-5-2)7-8-16(14)18/h7-11,15H,4-6H2,1-3H3. The van der Waals surface area contributed by atoms with Crippen LogP contribution in [-0.4, -0.2) is 30.0 Å².